The third-order valence-electron chi connectivity index (χ3n) is 4.96. The van der Waals surface area contributed by atoms with Gasteiger partial charge in [0.15, 0.2) is 0 Å². The van der Waals surface area contributed by atoms with Gasteiger partial charge in [-0.25, -0.2) is 9.97 Å². The molecule has 0 radical (unpaired) electrons. The zero-order chi connectivity index (χ0) is 20.8. The molecule has 0 aliphatic carbocycles. The second-order valence-corrected chi connectivity index (χ2v) is 6.78. The molecule has 0 fully saturated rings. The molecule has 29 heavy (non-hydrogen) atoms. The first-order valence-corrected chi connectivity index (χ1v) is 9.81. The SMILES string of the molecule is CCN(CC)c1ccc(NC(=O)c2cc(N(C)c3ccccc3)ncn2)c(C)c1. The Morgan fingerprint density at radius 1 is 0.966 bits per heavy atom. The van der Waals surface area contributed by atoms with Crippen LogP contribution >= 0.6 is 0 Å². The van der Waals surface area contributed by atoms with Crippen LogP contribution < -0.4 is 15.1 Å². The van der Waals surface area contributed by atoms with Gasteiger partial charge < -0.3 is 15.1 Å². The molecule has 3 rings (SSSR count). The van der Waals surface area contributed by atoms with Crippen LogP contribution in [0.25, 0.3) is 0 Å². The number of hydrogen-bond acceptors (Lipinski definition) is 5. The van der Waals surface area contributed by atoms with Crippen molar-refractivity contribution in [2.45, 2.75) is 20.8 Å². The number of carbonyl (C=O) groups excluding carboxylic acids is 1. The Kier molecular flexibility index (Phi) is 6.44. The molecule has 0 unspecified atom stereocenters. The van der Waals surface area contributed by atoms with Gasteiger partial charge in [0.05, 0.1) is 0 Å². The van der Waals surface area contributed by atoms with E-state index in [1.54, 1.807) is 6.07 Å². The lowest BCUT2D eigenvalue weighted by Gasteiger charge is -2.22. The lowest BCUT2D eigenvalue weighted by atomic mass is 10.1. The van der Waals surface area contributed by atoms with Gasteiger partial charge in [0.25, 0.3) is 5.91 Å². The summed E-state index contributed by atoms with van der Waals surface area (Å²) < 4.78 is 0. The summed E-state index contributed by atoms with van der Waals surface area (Å²) in [6, 6.07) is 17.6. The smallest absolute Gasteiger partial charge is 0.274 e. The minimum absolute atomic E-state index is 0.256. The minimum atomic E-state index is -0.256. The molecule has 6 nitrogen and oxygen atoms in total. The molecule has 1 N–H and O–H groups in total. The van der Waals surface area contributed by atoms with Gasteiger partial charge in [-0.15, -0.1) is 0 Å². The Labute approximate surface area is 172 Å². The number of nitrogens with zero attached hydrogens (tertiary/aromatic N) is 4. The lowest BCUT2D eigenvalue weighted by Crippen LogP contribution is -2.22. The number of hydrogen-bond donors (Lipinski definition) is 1. The Bertz CT molecular complexity index is 970. The van der Waals surface area contributed by atoms with Crippen molar-refractivity contribution in [3.05, 3.63) is 72.2 Å². The summed E-state index contributed by atoms with van der Waals surface area (Å²) >= 11 is 0. The summed E-state index contributed by atoms with van der Waals surface area (Å²) in [5.41, 5.74) is 4.26. The molecule has 1 heterocycles. The summed E-state index contributed by atoms with van der Waals surface area (Å²) in [6.45, 7) is 8.15. The highest BCUT2D eigenvalue weighted by Crippen LogP contribution is 2.24. The maximum atomic E-state index is 12.8. The molecule has 3 aromatic rings. The number of nitrogens with one attached hydrogen (secondary N) is 1. The number of aryl methyl sites for hydroxylation is 1. The van der Waals surface area contributed by atoms with Gasteiger partial charge in [-0.3, -0.25) is 4.79 Å². The highest BCUT2D eigenvalue weighted by molar-refractivity contribution is 6.03. The van der Waals surface area contributed by atoms with Crippen LogP contribution in [0.1, 0.15) is 29.9 Å². The van der Waals surface area contributed by atoms with Gasteiger partial charge in [0.1, 0.15) is 17.8 Å². The number of aromatic nitrogens is 2. The van der Waals surface area contributed by atoms with E-state index in [1.807, 2.05) is 61.3 Å². The average Bonchev–Trinajstić information content (AvgIpc) is 2.76. The summed E-state index contributed by atoms with van der Waals surface area (Å²) in [4.78, 5) is 25.4. The third kappa shape index (κ3) is 4.71. The third-order valence-corrected chi connectivity index (χ3v) is 4.96. The van der Waals surface area contributed by atoms with Crippen molar-refractivity contribution >= 4 is 28.8 Å². The van der Waals surface area contributed by atoms with Crippen LogP contribution in [0.2, 0.25) is 0 Å². The quantitative estimate of drug-likeness (QED) is 0.637. The molecule has 0 aliphatic heterocycles. The molecule has 1 aromatic heterocycles. The van der Waals surface area contributed by atoms with E-state index in [0.717, 1.165) is 35.7 Å². The van der Waals surface area contributed by atoms with Gasteiger partial charge >= 0.3 is 0 Å². The predicted octanol–water partition coefficient (Wildman–Crippen LogP) is 4.65. The minimum Gasteiger partial charge on any atom is -0.372 e. The molecule has 0 spiro atoms. The van der Waals surface area contributed by atoms with Crippen molar-refractivity contribution in [1.82, 2.24) is 9.97 Å². The highest BCUT2D eigenvalue weighted by atomic mass is 16.1. The maximum Gasteiger partial charge on any atom is 0.274 e. The maximum absolute atomic E-state index is 12.8. The summed E-state index contributed by atoms with van der Waals surface area (Å²) in [5, 5.41) is 2.97. The highest BCUT2D eigenvalue weighted by Gasteiger charge is 2.14. The molecule has 0 bridgehead atoms. The van der Waals surface area contributed by atoms with Gasteiger partial charge in [0, 0.05) is 43.3 Å². The Morgan fingerprint density at radius 3 is 2.34 bits per heavy atom. The standard InChI is InChI=1S/C23H27N5O/c1-5-28(6-2)19-12-13-20(17(3)14-19)26-23(29)21-15-22(25-16-24-21)27(4)18-10-8-7-9-11-18/h7-16H,5-6H2,1-4H3,(H,26,29). The van der Waals surface area contributed by atoms with E-state index in [4.69, 9.17) is 0 Å². The van der Waals surface area contributed by atoms with E-state index >= 15 is 0 Å². The Balaban J connectivity index is 1.78. The van der Waals surface area contributed by atoms with E-state index in [0.29, 0.717) is 11.5 Å². The number of anilines is 4. The van der Waals surface area contributed by atoms with E-state index in [1.165, 1.54) is 6.33 Å². The first-order valence-electron chi connectivity index (χ1n) is 9.81. The fourth-order valence-corrected chi connectivity index (χ4v) is 3.20. The van der Waals surface area contributed by atoms with E-state index in [-0.39, 0.29) is 5.91 Å². The van der Waals surface area contributed by atoms with Crippen molar-refractivity contribution in [2.24, 2.45) is 0 Å². The number of rotatable bonds is 7. The predicted molar refractivity (Wildman–Crippen MR) is 119 cm³/mol. The van der Waals surface area contributed by atoms with Crippen LogP contribution in [0.3, 0.4) is 0 Å². The van der Waals surface area contributed by atoms with Crippen molar-refractivity contribution < 1.29 is 4.79 Å². The fourth-order valence-electron chi connectivity index (χ4n) is 3.20. The van der Waals surface area contributed by atoms with Crippen LogP contribution in [0.15, 0.2) is 60.9 Å². The van der Waals surface area contributed by atoms with Crippen molar-refractivity contribution in [1.29, 1.82) is 0 Å². The normalized spacial score (nSPS) is 10.5. The summed E-state index contributed by atoms with van der Waals surface area (Å²) in [5.74, 6) is 0.402. The van der Waals surface area contributed by atoms with Gasteiger partial charge in [-0.1, -0.05) is 18.2 Å². The van der Waals surface area contributed by atoms with Crippen LogP contribution in [0.5, 0.6) is 0 Å². The Morgan fingerprint density at radius 2 is 1.69 bits per heavy atom. The second-order valence-electron chi connectivity index (χ2n) is 6.78. The number of para-hydroxylation sites is 1. The molecule has 1 amide bonds. The average molecular weight is 390 g/mol. The summed E-state index contributed by atoms with van der Waals surface area (Å²) in [7, 11) is 1.91. The zero-order valence-corrected chi connectivity index (χ0v) is 17.4. The first-order chi connectivity index (χ1) is 14.0. The number of amides is 1. The molecule has 0 saturated carbocycles. The molecule has 150 valence electrons. The van der Waals surface area contributed by atoms with Gasteiger partial charge in [-0.2, -0.15) is 0 Å². The molecule has 6 heteroatoms. The molecular weight excluding hydrogens is 362 g/mol. The van der Waals surface area contributed by atoms with Crippen LogP contribution in [-0.4, -0.2) is 36.0 Å². The van der Waals surface area contributed by atoms with E-state index < -0.39 is 0 Å². The number of benzene rings is 2. The Hall–Kier alpha value is -3.41. The van der Waals surface area contributed by atoms with Crippen LogP contribution in [0, 0.1) is 6.92 Å². The van der Waals surface area contributed by atoms with E-state index in [2.05, 4.69) is 40.1 Å². The molecule has 0 saturated heterocycles. The second kappa shape index (κ2) is 9.19. The molecular formula is C23H27N5O. The lowest BCUT2D eigenvalue weighted by molar-refractivity contribution is 0.102. The van der Waals surface area contributed by atoms with Crippen molar-refractivity contribution in [3.8, 4) is 0 Å². The van der Waals surface area contributed by atoms with Gasteiger partial charge in [0.2, 0.25) is 0 Å². The largest absolute Gasteiger partial charge is 0.372 e. The zero-order valence-electron chi connectivity index (χ0n) is 17.4. The molecule has 0 atom stereocenters. The van der Waals surface area contributed by atoms with E-state index in [9.17, 15) is 4.79 Å². The van der Waals surface area contributed by atoms with Crippen molar-refractivity contribution in [3.63, 3.8) is 0 Å². The first kappa shape index (κ1) is 20.3. The molecule has 2 aromatic carbocycles. The monoisotopic (exact) mass is 389 g/mol. The number of carbonyl (C=O) groups is 1. The van der Waals surface area contributed by atoms with Crippen molar-refractivity contribution in [2.75, 3.05) is 35.3 Å². The summed E-state index contributed by atoms with van der Waals surface area (Å²) in [6.07, 6.45) is 1.42. The van der Waals surface area contributed by atoms with Gasteiger partial charge in [-0.05, 0) is 56.7 Å². The topological polar surface area (TPSA) is 61.4 Å². The fraction of sp³-hybridized carbons (Fsp3) is 0.261. The molecule has 0 aliphatic rings. The van der Waals surface area contributed by atoms with Crippen LogP contribution in [-0.2, 0) is 0 Å². The van der Waals surface area contributed by atoms with Crippen LogP contribution in [0.4, 0.5) is 22.9 Å².